The Morgan fingerprint density at radius 3 is 2.68 bits per heavy atom. The van der Waals surface area contributed by atoms with E-state index in [1.54, 1.807) is 6.92 Å². The van der Waals surface area contributed by atoms with Gasteiger partial charge in [0.05, 0.1) is 34.6 Å². The van der Waals surface area contributed by atoms with Gasteiger partial charge in [-0.2, -0.15) is 18.3 Å². The first-order valence-electron chi connectivity index (χ1n) is 10.9. The number of nitrogens with one attached hydrogen (secondary N) is 1. The standard InChI is InChI=1S/C23H23ClF3N7O3/c1-4-9-33-13-16(19(31-33)23(25,26)27)18-12-29-20(32(18)3)21(35)30-14-6-7-15(17(24)11-14)22(36)34(5-2)37-10-8-28/h1,6-7,11-13H,5,8-10,28H2,2-3H3,(H,30,35). The Morgan fingerprint density at radius 2 is 2.08 bits per heavy atom. The molecule has 0 saturated heterocycles. The molecule has 0 fully saturated rings. The number of imidazole rings is 1. The predicted molar refractivity (Wildman–Crippen MR) is 129 cm³/mol. The minimum absolute atomic E-state index is 0.0110. The van der Waals surface area contributed by atoms with Crippen molar-refractivity contribution in [3.8, 4) is 23.6 Å². The highest BCUT2D eigenvalue weighted by molar-refractivity contribution is 6.34. The van der Waals surface area contributed by atoms with Crippen LogP contribution in [-0.4, -0.2) is 55.9 Å². The molecule has 3 rings (SSSR count). The van der Waals surface area contributed by atoms with Crippen molar-refractivity contribution in [1.29, 1.82) is 0 Å². The molecule has 10 nitrogen and oxygen atoms in total. The summed E-state index contributed by atoms with van der Waals surface area (Å²) in [5, 5.41) is 7.26. The molecule has 0 bridgehead atoms. The average molecular weight is 538 g/mol. The summed E-state index contributed by atoms with van der Waals surface area (Å²) in [6.07, 6.45) is 2.72. The summed E-state index contributed by atoms with van der Waals surface area (Å²) < 4.78 is 42.8. The van der Waals surface area contributed by atoms with Gasteiger partial charge >= 0.3 is 6.18 Å². The minimum atomic E-state index is -4.75. The minimum Gasteiger partial charge on any atom is -0.328 e. The lowest BCUT2D eigenvalue weighted by molar-refractivity contribution is -0.141. The van der Waals surface area contributed by atoms with Gasteiger partial charge in [0.25, 0.3) is 11.8 Å². The lowest BCUT2D eigenvalue weighted by atomic mass is 10.2. The number of carbonyl (C=O) groups excluding carboxylic acids is 2. The average Bonchev–Trinajstić information content (AvgIpc) is 3.43. The Balaban J connectivity index is 1.84. The summed E-state index contributed by atoms with van der Waals surface area (Å²) in [6, 6.07) is 4.22. The van der Waals surface area contributed by atoms with Crippen LogP contribution >= 0.6 is 11.6 Å². The maximum Gasteiger partial charge on any atom is 0.435 e. The molecule has 3 aromatic rings. The number of rotatable bonds is 9. The number of nitrogens with zero attached hydrogens (tertiary/aromatic N) is 5. The maximum atomic E-state index is 13.5. The van der Waals surface area contributed by atoms with E-state index in [1.807, 2.05) is 0 Å². The van der Waals surface area contributed by atoms with Crippen LogP contribution in [-0.2, 0) is 24.6 Å². The van der Waals surface area contributed by atoms with Crippen molar-refractivity contribution in [2.24, 2.45) is 12.8 Å². The first kappa shape index (κ1) is 27.7. The summed E-state index contributed by atoms with van der Waals surface area (Å²) in [6.45, 7) is 2.18. The Morgan fingerprint density at radius 1 is 1.35 bits per heavy atom. The first-order valence-corrected chi connectivity index (χ1v) is 11.3. The third-order valence-corrected chi connectivity index (χ3v) is 5.40. The fourth-order valence-corrected chi connectivity index (χ4v) is 3.67. The highest BCUT2D eigenvalue weighted by Gasteiger charge is 2.38. The summed E-state index contributed by atoms with van der Waals surface area (Å²) in [7, 11) is 1.39. The molecule has 2 amide bonds. The Labute approximate surface area is 215 Å². The van der Waals surface area contributed by atoms with Gasteiger partial charge in [0, 0.05) is 32.0 Å². The predicted octanol–water partition coefficient (Wildman–Crippen LogP) is 3.19. The second-order valence-electron chi connectivity index (χ2n) is 7.59. The van der Waals surface area contributed by atoms with Crippen molar-refractivity contribution < 1.29 is 27.6 Å². The van der Waals surface area contributed by atoms with Crippen LogP contribution in [0.1, 0.15) is 33.6 Å². The normalized spacial score (nSPS) is 11.3. The summed E-state index contributed by atoms with van der Waals surface area (Å²) in [5.41, 5.74) is 4.36. The number of terminal acetylenes is 1. The van der Waals surface area contributed by atoms with Gasteiger partial charge in [-0.25, -0.2) is 10.0 Å². The molecule has 0 aliphatic heterocycles. The number of hydrogen-bond acceptors (Lipinski definition) is 6. The monoisotopic (exact) mass is 537 g/mol. The molecule has 0 saturated carbocycles. The number of aromatic nitrogens is 4. The molecule has 196 valence electrons. The van der Waals surface area contributed by atoms with Crippen molar-refractivity contribution in [1.82, 2.24) is 24.4 Å². The largest absolute Gasteiger partial charge is 0.435 e. The Bertz CT molecular complexity index is 1340. The Kier molecular flexibility index (Phi) is 8.59. The zero-order chi connectivity index (χ0) is 27.3. The molecule has 2 aromatic heterocycles. The number of alkyl halides is 3. The van der Waals surface area contributed by atoms with E-state index in [1.165, 1.54) is 29.8 Å². The fraction of sp³-hybridized carbons (Fsp3) is 0.304. The molecule has 0 aliphatic rings. The van der Waals surface area contributed by atoms with Gasteiger partial charge in [-0.15, -0.1) is 6.42 Å². The molecule has 3 N–H and O–H groups in total. The number of amides is 2. The van der Waals surface area contributed by atoms with E-state index in [4.69, 9.17) is 28.6 Å². The lowest BCUT2D eigenvalue weighted by Gasteiger charge is -2.20. The molecule has 0 radical (unpaired) electrons. The number of anilines is 1. The molecule has 14 heteroatoms. The number of benzene rings is 1. The molecule has 1 aromatic carbocycles. The number of halogens is 4. The van der Waals surface area contributed by atoms with Crippen LogP contribution in [0.4, 0.5) is 18.9 Å². The number of hydroxylamine groups is 2. The highest BCUT2D eigenvalue weighted by Crippen LogP contribution is 2.36. The summed E-state index contributed by atoms with van der Waals surface area (Å²) in [5.74, 6) is 0.856. The van der Waals surface area contributed by atoms with Crippen LogP contribution < -0.4 is 11.1 Å². The van der Waals surface area contributed by atoms with Crippen LogP contribution in [0, 0.1) is 12.3 Å². The molecule has 2 heterocycles. The first-order chi connectivity index (χ1) is 17.5. The van der Waals surface area contributed by atoms with Gasteiger partial charge < -0.3 is 15.6 Å². The third kappa shape index (κ3) is 6.11. The Hall–Kier alpha value is -3.86. The van der Waals surface area contributed by atoms with Gasteiger partial charge in [0.2, 0.25) is 0 Å². The van der Waals surface area contributed by atoms with Crippen molar-refractivity contribution >= 4 is 29.1 Å². The van der Waals surface area contributed by atoms with Gasteiger partial charge in [-0.3, -0.25) is 19.1 Å². The molecule has 0 spiro atoms. The quantitative estimate of drug-likeness (QED) is 0.319. The smallest absolute Gasteiger partial charge is 0.328 e. The number of carbonyl (C=O) groups is 2. The highest BCUT2D eigenvalue weighted by atomic mass is 35.5. The van der Waals surface area contributed by atoms with Gasteiger partial charge in [0.1, 0.15) is 6.54 Å². The van der Waals surface area contributed by atoms with Gasteiger partial charge in [0.15, 0.2) is 11.5 Å². The van der Waals surface area contributed by atoms with E-state index in [0.29, 0.717) is 0 Å². The summed E-state index contributed by atoms with van der Waals surface area (Å²) >= 11 is 6.26. The van der Waals surface area contributed by atoms with E-state index in [-0.39, 0.29) is 59.6 Å². The maximum absolute atomic E-state index is 13.5. The molecule has 37 heavy (non-hydrogen) atoms. The van der Waals surface area contributed by atoms with Crippen LogP contribution in [0.5, 0.6) is 0 Å². The van der Waals surface area contributed by atoms with E-state index in [2.05, 4.69) is 21.3 Å². The second-order valence-corrected chi connectivity index (χ2v) is 7.99. The van der Waals surface area contributed by atoms with Crippen LogP contribution in [0.2, 0.25) is 5.02 Å². The zero-order valence-corrected chi connectivity index (χ0v) is 20.6. The van der Waals surface area contributed by atoms with Gasteiger partial charge in [-0.1, -0.05) is 17.5 Å². The molecule has 0 atom stereocenters. The van der Waals surface area contributed by atoms with E-state index < -0.39 is 23.7 Å². The van der Waals surface area contributed by atoms with Crippen molar-refractivity contribution in [3.63, 3.8) is 0 Å². The number of nitrogens with two attached hydrogens (primary N) is 1. The summed E-state index contributed by atoms with van der Waals surface area (Å²) in [4.78, 5) is 34.8. The molecular formula is C23H23ClF3N7O3. The van der Waals surface area contributed by atoms with E-state index >= 15 is 0 Å². The van der Waals surface area contributed by atoms with Crippen LogP contribution in [0.15, 0.2) is 30.6 Å². The second kappa shape index (κ2) is 11.5. The van der Waals surface area contributed by atoms with Crippen LogP contribution in [0.25, 0.3) is 11.3 Å². The van der Waals surface area contributed by atoms with Crippen molar-refractivity contribution in [3.05, 3.63) is 52.7 Å². The lowest BCUT2D eigenvalue weighted by Crippen LogP contribution is -2.33. The molecule has 0 aliphatic carbocycles. The van der Waals surface area contributed by atoms with Crippen molar-refractivity contribution in [2.45, 2.75) is 19.6 Å². The molecule has 0 unspecified atom stereocenters. The fourth-order valence-electron chi connectivity index (χ4n) is 3.41. The third-order valence-electron chi connectivity index (χ3n) is 5.09. The topological polar surface area (TPSA) is 120 Å². The van der Waals surface area contributed by atoms with Crippen LogP contribution in [0.3, 0.4) is 0 Å². The van der Waals surface area contributed by atoms with E-state index in [0.717, 1.165) is 22.1 Å². The zero-order valence-electron chi connectivity index (χ0n) is 19.8. The molecular weight excluding hydrogens is 515 g/mol. The number of hydrogen-bond donors (Lipinski definition) is 2. The van der Waals surface area contributed by atoms with Crippen molar-refractivity contribution in [2.75, 3.05) is 25.0 Å². The SMILES string of the molecule is C#CCn1cc(-c2cnc(C(=O)Nc3ccc(C(=O)N(CC)OCCN)c(Cl)c3)n2C)c(C(F)(F)F)n1. The van der Waals surface area contributed by atoms with E-state index in [9.17, 15) is 22.8 Å². The van der Waals surface area contributed by atoms with Gasteiger partial charge in [-0.05, 0) is 25.1 Å².